The Morgan fingerprint density at radius 2 is 2.26 bits per heavy atom. The SMILES string of the molecule is COCC(=O)Nc1c[nH]c2ncc(C(F)(F)F)c(N3CCCC(N)C3)c12.Cl. The number of anilines is 2. The maximum absolute atomic E-state index is 13.6. The van der Waals surface area contributed by atoms with Gasteiger partial charge < -0.3 is 25.7 Å². The van der Waals surface area contributed by atoms with Crippen molar-refractivity contribution in [3.05, 3.63) is 18.0 Å². The van der Waals surface area contributed by atoms with Crippen molar-refractivity contribution in [2.45, 2.75) is 25.1 Å². The highest BCUT2D eigenvalue weighted by molar-refractivity contribution is 6.07. The molecule has 27 heavy (non-hydrogen) atoms. The summed E-state index contributed by atoms with van der Waals surface area (Å²) in [7, 11) is 1.36. The fourth-order valence-corrected chi connectivity index (χ4v) is 3.24. The molecule has 1 fully saturated rings. The molecule has 2 aromatic rings. The van der Waals surface area contributed by atoms with Crippen molar-refractivity contribution in [3.63, 3.8) is 0 Å². The molecular formula is C16H21ClF3N5O2. The van der Waals surface area contributed by atoms with Gasteiger partial charge in [0.05, 0.1) is 22.3 Å². The van der Waals surface area contributed by atoms with Gasteiger partial charge in [-0.15, -0.1) is 12.4 Å². The first-order chi connectivity index (χ1) is 12.3. The maximum atomic E-state index is 13.6. The number of hydrogen-bond donors (Lipinski definition) is 3. The van der Waals surface area contributed by atoms with Crippen molar-refractivity contribution in [2.75, 3.05) is 37.0 Å². The monoisotopic (exact) mass is 407 g/mol. The lowest BCUT2D eigenvalue weighted by atomic mass is 10.0. The number of aromatic amines is 1. The molecule has 0 aromatic carbocycles. The standard InChI is InChI=1S/C16H20F3N5O2.ClH/c1-26-8-12(25)23-11-6-22-15-13(11)14(10(5-21-15)16(17,18)19)24-4-2-3-9(20)7-24;/h5-6,9H,2-4,7-8,20H2,1H3,(H,21,22)(H,23,25);1H. The average molecular weight is 408 g/mol. The maximum Gasteiger partial charge on any atom is 0.419 e. The predicted molar refractivity (Wildman–Crippen MR) is 98.3 cm³/mol. The van der Waals surface area contributed by atoms with Crippen LogP contribution in [-0.2, 0) is 15.7 Å². The summed E-state index contributed by atoms with van der Waals surface area (Å²) >= 11 is 0. The molecule has 0 aliphatic carbocycles. The summed E-state index contributed by atoms with van der Waals surface area (Å²) in [5.74, 6) is -0.466. The first-order valence-corrected chi connectivity index (χ1v) is 8.18. The average Bonchev–Trinajstić information content (AvgIpc) is 2.96. The number of halogens is 4. The molecule has 2 aromatic heterocycles. The summed E-state index contributed by atoms with van der Waals surface area (Å²) < 4.78 is 45.7. The van der Waals surface area contributed by atoms with Gasteiger partial charge in [0.15, 0.2) is 0 Å². The van der Waals surface area contributed by atoms with Crippen LogP contribution in [0.2, 0.25) is 0 Å². The van der Waals surface area contributed by atoms with Crippen LogP contribution in [0.4, 0.5) is 24.5 Å². The van der Waals surface area contributed by atoms with E-state index in [0.717, 1.165) is 12.6 Å². The number of aromatic nitrogens is 2. The van der Waals surface area contributed by atoms with E-state index in [1.54, 1.807) is 4.90 Å². The zero-order chi connectivity index (χ0) is 18.9. The normalized spacial score (nSPS) is 17.7. The number of nitrogens with two attached hydrogens (primary N) is 1. The van der Waals surface area contributed by atoms with Gasteiger partial charge in [0.25, 0.3) is 0 Å². The Morgan fingerprint density at radius 1 is 1.52 bits per heavy atom. The summed E-state index contributed by atoms with van der Waals surface area (Å²) in [4.78, 5) is 20.2. The Balaban J connectivity index is 0.00000261. The third-order valence-electron chi connectivity index (χ3n) is 4.30. The molecule has 1 unspecified atom stereocenters. The molecule has 0 saturated carbocycles. The number of rotatable bonds is 4. The second-order valence-corrected chi connectivity index (χ2v) is 6.27. The Kier molecular flexibility index (Phi) is 6.55. The minimum Gasteiger partial charge on any atom is -0.375 e. The molecule has 7 nitrogen and oxygen atoms in total. The zero-order valence-electron chi connectivity index (χ0n) is 14.6. The van der Waals surface area contributed by atoms with Crippen molar-refractivity contribution in [1.29, 1.82) is 0 Å². The number of H-pyrrole nitrogens is 1. The fourth-order valence-electron chi connectivity index (χ4n) is 3.24. The fraction of sp³-hybridized carbons (Fsp3) is 0.500. The van der Waals surface area contributed by atoms with E-state index in [0.29, 0.717) is 19.5 Å². The van der Waals surface area contributed by atoms with Crippen molar-refractivity contribution in [1.82, 2.24) is 9.97 Å². The van der Waals surface area contributed by atoms with Crippen LogP contribution in [0, 0.1) is 0 Å². The molecule has 1 aliphatic rings. The minimum absolute atomic E-state index is 0. The van der Waals surface area contributed by atoms with Gasteiger partial charge in [-0.3, -0.25) is 4.79 Å². The molecule has 0 bridgehead atoms. The van der Waals surface area contributed by atoms with Crippen molar-refractivity contribution >= 4 is 40.7 Å². The number of nitrogens with zero attached hydrogens (tertiary/aromatic N) is 2. The molecule has 3 rings (SSSR count). The molecule has 11 heteroatoms. The summed E-state index contributed by atoms with van der Waals surface area (Å²) in [5.41, 5.74) is 5.61. The number of carbonyl (C=O) groups is 1. The van der Waals surface area contributed by atoms with Gasteiger partial charge in [0, 0.05) is 38.6 Å². The van der Waals surface area contributed by atoms with Crippen LogP contribution in [0.15, 0.2) is 12.4 Å². The van der Waals surface area contributed by atoms with Crippen molar-refractivity contribution in [2.24, 2.45) is 5.73 Å². The molecule has 1 saturated heterocycles. The number of nitrogens with one attached hydrogen (secondary N) is 2. The van der Waals surface area contributed by atoms with Crippen molar-refractivity contribution in [3.8, 4) is 0 Å². The lowest BCUT2D eigenvalue weighted by Gasteiger charge is -2.34. The number of methoxy groups -OCH3 is 1. The van der Waals surface area contributed by atoms with Gasteiger partial charge >= 0.3 is 6.18 Å². The largest absolute Gasteiger partial charge is 0.419 e. The molecular weight excluding hydrogens is 387 g/mol. The molecule has 1 atom stereocenters. The highest BCUT2D eigenvalue weighted by Crippen LogP contribution is 2.43. The minimum atomic E-state index is -4.58. The molecule has 1 aliphatic heterocycles. The smallest absolute Gasteiger partial charge is 0.375 e. The lowest BCUT2D eigenvalue weighted by molar-refractivity contribution is -0.137. The molecule has 0 radical (unpaired) electrons. The van der Waals surface area contributed by atoms with Gasteiger partial charge in [0.2, 0.25) is 5.91 Å². The number of piperidine rings is 1. The second kappa shape index (κ2) is 8.32. The van der Waals surface area contributed by atoms with E-state index >= 15 is 0 Å². The third-order valence-corrected chi connectivity index (χ3v) is 4.30. The van der Waals surface area contributed by atoms with Gasteiger partial charge in [-0.2, -0.15) is 13.2 Å². The molecule has 1 amide bonds. The van der Waals surface area contributed by atoms with Crippen LogP contribution in [0.1, 0.15) is 18.4 Å². The Hall–Kier alpha value is -2.04. The number of pyridine rings is 1. The van der Waals surface area contributed by atoms with E-state index < -0.39 is 17.6 Å². The first-order valence-electron chi connectivity index (χ1n) is 8.18. The number of hydrogen-bond acceptors (Lipinski definition) is 5. The lowest BCUT2D eigenvalue weighted by Crippen LogP contribution is -2.43. The topological polar surface area (TPSA) is 96.3 Å². The zero-order valence-corrected chi connectivity index (χ0v) is 15.4. The molecule has 4 N–H and O–H groups in total. The highest BCUT2D eigenvalue weighted by Gasteiger charge is 2.38. The van der Waals surface area contributed by atoms with Crippen molar-refractivity contribution < 1.29 is 22.7 Å². The third kappa shape index (κ3) is 4.45. The second-order valence-electron chi connectivity index (χ2n) is 6.27. The van der Waals surface area contributed by atoms with Crippen LogP contribution in [0.3, 0.4) is 0 Å². The van der Waals surface area contributed by atoms with Crippen LogP contribution in [-0.4, -0.2) is 48.7 Å². The van der Waals surface area contributed by atoms with E-state index in [9.17, 15) is 18.0 Å². The Bertz CT molecular complexity index is 811. The van der Waals surface area contributed by atoms with Crippen LogP contribution in [0.25, 0.3) is 11.0 Å². The van der Waals surface area contributed by atoms with E-state index in [1.807, 2.05) is 0 Å². The van der Waals surface area contributed by atoms with E-state index in [1.165, 1.54) is 13.3 Å². The summed E-state index contributed by atoms with van der Waals surface area (Å²) in [6.45, 7) is 0.550. The van der Waals surface area contributed by atoms with E-state index in [2.05, 4.69) is 15.3 Å². The molecule has 150 valence electrons. The summed E-state index contributed by atoms with van der Waals surface area (Å²) in [6.07, 6.45) is -0.883. The number of alkyl halides is 3. The quantitative estimate of drug-likeness (QED) is 0.723. The van der Waals surface area contributed by atoms with Crippen LogP contribution in [0.5, 0.6) is 0 Å². The number of fused-ring (bicyclic) bond motifs is 1. The van der Waals surface area contributed by atoms with Gasteiger partial charge in [-0.1, -0.05) is 0 Å². The molecule has 0 spiro atoms. The van der Waals surface area contributed by atoms with E-state index in [4.69, 9.17) is 10.5 Å². The Morgan fingerprint density at radius 3 is 2.89 bits per heavy atom. The molecule has 3 heterocycles. The number of ether oxygens (including phenoxy) is 1. The number of carbonyl (C=O) groups excluding carboxylic acids is 1. The highest BCUT2D eigenvalue weighted by atomic mass is 35.5. The first kappa shape index (κ1) is 21.3. The summed E-state index contributed by atoms with van der Waals surface area (Å²) in [5, 5.41) is 2.80. The summed E-state index contributed by atoms with van der Waals surface area (Å²) in [6, 6.07) is -0.210. The van der Waals surface area contributed by atoms with Gasteiger partial charge in [-0.25, -0.2) is 4.98 Å². The van der Waals surface area contributed by atoms with Crippen LogP contribution < -0.4 is 16.0 Å². The van der Waals surface area contributed by atoms with E-state index in [-0.39, 0.29) is 47.5 Å². The number of amides is 1. The van der Waals surface area contributed by atoms with Gasteiger partial charge in [0.1, 0.15) is 12.3 Å². The van der Waals surface area contributed by atoms with Crippen LogP contribution >= 0.6 is 12.4 Å². The predicted octanol–water partition coefficient (Wildman–Crippen LogP) is 2.52. The van der Waals surface area contributed by atoms with Gasteiger partial charge in [-0.05, 0) is 12.8 Å². The Labute approximate surface area is 159 Å².